The van der Waals surface area contributed by atoms with Gasteiger partial charge in [-0.05, 0) is 0 Å². The predicted molar refractivity (Wildman–Crippen MR) is 161 cm³/mol. The Morgan fingerprint density at radius 2 is 1.80 bits per heavy atom. The number of aromatic nitrogens is 4. The lowest BCUT2D eigenvalue weighted by molar-refractivity contribution is -0.293. The highest BCUT2D eigenvalue weighted by Crippen LogP contribution is 2.66. The summed E-state index contributed by atoms with van der Waals surface area (Å²) in [5, 5.41) is 10.7. The molecule has 11 atom stereocenters. The van der Waals surface area contributed by atoms with Gasteiger partial charge in [0.05, 0.1) is 19.0 Å². The van der Waals surface area contributed by atoms with Gasteiger partial charge < -0.3 is 44.2 Å². The number of carbonyl (C=O) groups is 3. The van der Waals surface area contributed by atoms with Gasteiger partial charge in [-0.15, -0.1) is 0 Å². The number of ether oxygens (including phenoxy) is 6. The van der Waals surface area contributed by atoms with Crippen molar-refractivity contribution in [2.24, 2.45) is 0 Å². The summed E-state index contributed by atoms with van der Waals surface area (Å²) in [6.45, 7) is -3.49. The lowest BCUT2D eigenvalue weighted by Crippen LogP contribution is -2.63. The van der Waals surface area contributed by atoms with Crippen LogP contribution in [0, 0.1) is 0 Å². The summed E-state index contributed by atoms with van der Waals surface area (Å²) >= 11 is 3.73. The van der Waals surface area contributed by atoms with Crippen LogP contribution in [-0.4, -0.2) is 117 Å². The van der Waals surface area contributed by atoms with Crippen LogP contribution < -0.4 is 5.73 Å². The number of aliphatic hydroxyl groups excluding tert-OH is 1. The molecule has 0 aromatic carbocycles. The molecule has 2 saturated heterocycles. The molecule has 0 aliphatic carbocycles. The monoisotopic (exact) mass is 761 g/mol. The van der Waals surface area contributed by atoms with Gasteiger partial charge in [0, 0.05) is 34.3 Å². The molecule has 0 bridgehead atoms. The molecule has 2 aliphatic heterocycles. The Balaban J connectivity index is 1.46. The molecule has 0 spiro atoms. The summed E-state index contributed by atoms with van der Waals surface area (Å²) in [5.41, 5.74) is 6.51. The maximum absolute atomic E-state index is 15.0. The summed E-state index contributed by atoms with van der Waals surface area (Å²) in [6, 6.07) is 0. The SMILES string of the molecule is CO[C@@H]1C[C@@H](COP(=O)(S)OP(=O)(O)OC2OC([C@@H](F)COC(C)=O)C(O)C(OC(C)=O)C2OC(C)=O)O[C@H]1n1cnc2c(N)ncnc21. The van der Waals surface area contributed by atoms with E-state index in [-0.39, 0.29) is 12.2 Å². The van der Waals surface area contributed by atoms with Gasteiger partial charge in [-0.2, -0.15) is 4.31 Å². The molecule has 2 fully saturated rings. The zero-order valence-corrected chi connectivity index (χ0v) is 28.9. The average Bonchev–Trinajstić information content (AvgIpc) is 3.61. The number of hydrogen-bond acceptors (Lipinski definition) is 19. The fraction of sp³-hybridized carbons (Fsp3) is 0.667. The number of halogens is 1. The summed E-state index contributed by atoms with van der Waals surface area (Å²) < 4.78 is 88.9. The number of esters is 3. The normalized spacial score (nSPS) is 30.2. The number of phosphoric ester groups is 1. The molecular weight excluding hydrogens is 727 g/mol. The van der Waals surface area contributed by atoms with E-state index in [1.165, 1.54) is 19.8 Å². The average molecular weight is 762 g/mol. The summed E-state index contributed by atoms with van der Waals surface area (Å²) in [7, 11) is -4.19. The lowest BCUT2D eigenvalue weighted by Gasteiger charge is -2.43. The van der Waals surface area contributed by atoms with Gasteiger partial charge in [-0.3, -0.25) is 28.0 Å². The van der Waals surface area contributed by atoms with Crippen LogP contribution in [0.1, 0.15) is 33.4 Å². The first-order valence-corrected chi connectivity index (χ1v) is 18.4. The first-order chi connectivity index (χ1) is 22.9. The van der Waals surface area contributed by atoms with Crippen molar-refractivity contribution >= 4 is 61.8 Å². The van der Waals surface area contributed by atoms with E-state index in [1.54, 1.807) is 4.57 Å². The van der Waals surface area contributed by atoms with Crippen LogP contribution in [-0.2, 0) is 65.3 Å². The topological polar surface area (TPSA) is 278 Å². The fourth-order valence-electron chi connectivity index (χ4n) is 4.99. The smallest absolute Gasteiger partial charge is 0.463 e. The van der Waals surface area contributed by atoms with E-state index >= 15 is 4.39 Å². The number of phosphoric acid groups is 1. The van der Waals surface area contributed by atoms with Crippen molar-refractivity contribution in [3.8, 4) is 0 Å². The van der Waals surface area contributed by atoms with E-state index in [0.717, 1.165) is 20.8 Å². The van der Waals surface area contributed by atoms with Crippen molar-refractivity contribution in [1.29, 1.82) is 0 Å². The van der Waals surface area contributed by atoms with Crippen molar-refractivity contribution in [1.82, 2.24) is 19.5 Å². The van der Waals surface area contributed by atoms with E-state index < -0.39 is 101 Å². The predicted octanol–water partition coefficient (Wildman–Crippen LogP) is 0.749. The number of fused-ring (bicyclic) bond motifs is 1. The van der Waals surface area contributed by atoms with E-state index in [9.17, 15) is 33.5 Å². The second kappa shape index (κ2) is 16.0. The van der Waals surface area contributed by atoms with Crippen LogP contribution in [0.2, 0.25) is 0 Å². The second-order valence-corrected chi connectivity index (χ2v) is 15.1. The number of nitrogens with zero attached hydrogens (tertiary/aromatic N) is 4. The first kappa shape index (κ1) is 39.0. The van der Waals surface area contributed by atoms with E-state index in [2.05, 4.69) is 36.2 Å². The number of nitrogens with two attached hydrogens (primary N) is 1. The van der Waals surface area contributed by atoms with Gasteiger partial charge in [-0.1, -0.05) is 12.2 Å². The van der Waals surface area contributed by atoms with Crippen molar-refractivity contribution < 1.29 is 79.7 Å². The molecule has 4 N–H and O–H groups in total. The number of rotatable bonds is 14. The van der Waals surface area contributed by atoms with Gasteiger partial charge >= 0.3 is 32.5 Å². The molecule has 25 heteroatoms. The number of aliphatic hydroxyl groups is 1. The molecule has 21 nitrogen and oxygen atoms in total. The van der Waals surface area contributed by atoms with Crippen molar-refractivity contribution in [2.75, 3.05) is 26.1 Å². The molecule has 2 aromatic heterocycles. The van der Waals surface area contributed by atoms with E-state index in [1.807, 2.05) is 0 Å². The third kappa shape index (κ3) is 9.91. The highest BCUT2D eigenvalue weighted by molar-refractivity contribution is 8.45. The summed E-state index contributed by atoms with van der Waals surface area (Å²) in [6.07, 6.45) is -12.1. The van der Waals surface area contributed by atoms with Crippen molar-refractivity contribution in [3.05, 3.63) is 12.7 Å². The molecule has 2 aliphatic rings. The molecule has 2 aromatic rings. The van der Waals surface area contributed by atoms with E-state index in [0.29, 0.717) is 11.2 Å². The van der Waals surface area contributed by atoms with Crippen LogP contribution in [0.15, 0.2) is 12.7 Å². The van der Waals surface area contributed by atoms with Gasteiger partial charge in [0.25, 0.3) is 0 Å². The number of thiol groups is 1. The Bertz CT molecular complexity index is 1620. The minimum atomic E-state index is -5.61. The Morgan fingerprint density at radius 3 is 2.43 bits per heavy atom. The summed E-state index contributed by atoms with van der Waals surface area (Å²) in [5.74, 6) is -2.86. The van der Waals surface area contributed by atoms with Crippen LogP contribution in [0.5, 0.6) is 0 Å². The zero-order valence-electron chi connectivity index (χ0n) is 26.2. The maximum Gasteiger partial charge on any atom is 0.482 e. The van der Waals surface area contributed by atoms with Gasteiger partial charge in [0.2, 0.25) is 6.29 Å². The van der Waals surface area contributed by atoms with Gasteiger partial charge in [-0.25, -0.2) is 28.5 Å². The lowest BCUT2D eigenvalue weighted by atomic mass is 9.95. The molecule has 4 rings (SSSR count). The van der Waals surface area contributed by atoms with Crippen LogP contribution >= 0.6 is 26.9 Å². The third-order valence-corrected chi connectivity index (χ3v) is 10.5. The second-order valence-electron chi connectivity index (χ2n) is 10.6. The largest absolute Gasteiger partial charge is 0.482 e. The molecule has 274 valence electrons. The highest BCUT2D eigenvalue weighted by atomic mass is 32.7. The van der Waals surface area contributed by atoms with Gasteiger partial charge in [0.1, 0.15) is 36.8 Å². The maximum atomic E-state index is 15.0. The molecule has 7 unspecified atom stereocenters. The quantitative estimate of drug-likeness (QED) is 0.0894. The molecule has 49 heavy (non-hydrogen) atoms. The first-order valence-electron chi connectivity index (χ1n) is 14.2. The number of imidazole rings is 1. The Kier molecular flexibility index (Phi) is 12.7. The number of hydrogen-bond donors (Lipinski definition) is 4. The Morgan fingerprint density at radius 1 is 1.12 bits per heavy atom. The molecule has 4 heterocycles. The minimum Gasteiger partial charge on any atom is -0.463 e. The third-order valence-electron chi connectivity index (χ3n) is 6.94. The molecular formula is C24H34FN5O16P2S. The van der Waals surface area contributed by atoms with Crippen LogP contribution in [0.3, 0.4) is 0 Å². The Labute approximate surface area is 282 Å². The van der Waals surface area contributed by atoms with Crippen LogP contribution in [0.25, 0.3) is 11.2 Å². The van der Waals surface area contributed by atoms with Crippen molar-refractivity contribution in [2.45, 2.75) is 82.5 Å². The number of methoxy groups -OCH3 is 1. The van der Waals surface area contributed by atoms with Crippen LogP contribution in [0.4, 0.5) is 10.2 Å². The molecule has 0 radical (unpaired) electrons. The zero-order chi connectivity index (χ0) is 36.3. The highest BCUT2D eigenvalue weighted by Gasteiger charge is 2.55. The van der Waals surface area contributed by atoms with E-state index in [4.69, 9.17) is 38.5 Å². The summed E-state index contributed by atoms with van der Waals surface area (Å²) in [4.78, 5) is 57.6. The number of nitrogen functional groups attached to an aromatic ring is 1. The number of carbonyl (C=O) groups excluding carboxylic acids is 3. The number of anilines is 1. The minimum absolute atomic E-state index is 0.136. The van der Waals surface area contributed by atoms with Gasteiger partial charge in [0.15, 0.2) is 36.1 Å². The molecule has 0 amide bonds. The Hall–Kier alpha value is -2.82. The standard InChI is InChI=1S/C24H34FN5O16P2S/c1-10(31)39-7-14(25)18-17(34)19(41-11(2)32)20(42-12(3)33)24(44-18)45-47(35,36)46-48(37,49)40-6-13-5-15(38-4)23(43-13)30-9-29-16-21(26)27-8-28-22(16)30/h8-9,13-15,17-20,23-24,34H,5-7H2,1-4H3,(H,35,36)(H,37,49)(H2,26,27,28)/t13-,14-,15+,17?,18?,19?,20?,23+,24?,48?/m0/s1. The molecule has 0 saturated carbocycles. The van der Waals surface area contributed by atoms with Crippen molar-refractivity contribution in [3.63, 3.8) is 0 Å². The fourth-order valence-corrected chi connectivity index (χ4v) is 8.19. The number of alkyl halides is 1.